The highest BCUT2D eigenvalue weighted by atomic mass is 35.5. The van der Waals surface area contributed by atoms with Crippen molar-refractivity contribution in [2.24, 2.45) is 16.9 Å². The summed E-state index contributed by atoms with van der Waals surface area (Å²) >= 11 is 13.0. The third kappa shape index (κ3) is 3.98. The van der Waals surface area contributed by atoms with Gasteiger partial charge in [-0.3, -0.25) is 4.79 Å². The summed E-state index contributed by atoms with van der Waals surface area (Å²) in [6.07, 6.45) is 2.44. The Hall–Kier alpha value is -2.62. The highest BCUT2D eigenvalue weighted by Gasteiger charge is 2.63. The number of hydrogen-bond acceptors (Lipinski definition) is 2. The molecule has 5 rings (SSSR count). The Morgan fingerprint density at radius 1 is 0.939 bits per heavy atom. The molecule has 1 amide bonds. The quantitative estimate of drug-likeness (QED) is 0.253. The molecule has 3 aromatic carbocycles. The number of benzene rings is 3. The van der Waals surface area contributed by atoms with E-state index in [-0.39, 0.29) is 29.1 Å². The Kier molecular flexibility index (Phi) is 5.58. The van der Waals surface area contributed by atoms with Crippen LogP contribution in [0.5, 0.6) is 0 Å². The fourth-order valence-electron chi connectivity index (χ4n) is 5.11. The fourth-order valence-corrected chi connectivity index (χ4v) is 5.88. The Bertz CT molecular complexity index is 1180. The Morgan fingerprint density at radius 3 is 2.12 bits per heavy atom. The summed E-state index contributed by atoms with van der Waals surface area (Å²) in [6, 6.07) is 26.8. The maximum atomic E-state index is 13.2. The number of nitrogens with one attached hydrogen (secondary N) is 1. The van der Waals surface area contributed by atoms with Crippen molar-refractivity contribution in [1.82, 2.24) is 5.43 Å². The number of alkyl halides is 2. The molecule has 2 aliphatic rings. The van der Waals surface area contributed by atoms with Gasteiger partial charge in [-0.05, 0) is 37.0 Å². The van der Waals surface area contributed by atoms with E-state index in [4.69, 9.17) is 23.2 Å². The van der Waals surface area contributed by atoms with E-state index in [1.54, 1.807) is 6.21 Å². The molecule has 5 heteroatoms. The molecule has 0 aliphatic heterocycles. The molecule has 3 atom stereocenters. The van der Waals surface area contributed by atoms with E-state index in [9.17, 15) is 4.79 Å². The van der Waals surface area contributed by atoms with Gasteiger partial charge in [0.1, 0.15) is 4.33 Å². The van der Waals surface area contributed by atoms with E-state index in [2.05, 4.69) is 72.9 Å². The zero-order valence-electron chi connectivity index (χ0n) is 18.6. The van der Waals surface area contributed by atoms with Gasteiger partial charge in [-0.25, -0.2) is 5.43 Å². The minimum absolute atomic E-state index is 0.0257. The molecule has 0 heterocycles. The second kappa shape index (κ2) is 8.30. The SMILES string of the molecule is Cc1cccc(C2(c3cccc(C)c3)C[C@@H]2C(=O)N/N=C\[C@@H]2[C@@H](c3ccccc3)C2(Cl)Cl)c1. The van der Waals surface area contributed by atoms with Crippen molar-refractivity contribution in [2.75, 3.05) is 0 Å². The molecule has 0 radical (unpaired) electrons. The van der Waals surface area contributed by atoms with Crippen molar-refractivity contribution in [3.8, 4) is 0 Å². The second-order valence-electron chi connectivity index (χ2n) is 9.31. The summed E-state index contributed by atoms with van der Waals surface area (Å²) < 4.78 is -0.901. The van der Waals surface area contributed by atoms with Crippen molar-refractivity contribution < 1.29 is 4.79 Å². The molecular formula is C28H26Cl2N2O. The van der Waals surface area contributed by atoms with Crippen LogP contribution in [-0.4, -0.2) is 16.5 Å². The average Bonchev–Trinajstić information content (AvgIpc) is 3.67. The number of nitrogens with zero attached hydrogens (tertiary/aromatic N) is 1. The predicted octanol–water partition coefficient (Wildman–Crippen LogP) is 6.30. The summed E-state index contributed by atoms with van der Waals surface area (Å²) in [5.41, 5.74) is 8.22. The minimum Gasteiger partial charge on any atom is -0.273 e. The normalized spacial score (nSPS) is 24.4. The van der Waals surface area contributed by atoms with Crippen LogP contribution in [0, 0.1) is 25.7 Å². The van der Waals surface area contributed by atoms with E-state index in [0.717, 1.165) is 12.0 Å². The molecule has 1 N–H and O–H groups in total. The van der Waals surface area contributed by atoms with Crippen LogP contribution in [0.15, 0.2) is 84.0 Å². The molecular weight excluding hydrogens is 451 g/mol. The molecule has 0 unspecified atom stereocenters. The molecule has 0 spiro atoms. The number of hydrogen-bond donors (Lipinski definition) is 1. The number of rotatable bonds is 6. The lowest BCUT2D eigenvalue weighted by atomic mass is 9.84. The first-order valence-corrected chi connectivity index (χ1v) is 12.0. The van der Waals surface area contributed by atoms with Gasteiger partial charge in [-0.15, -0.1) is 23.2 Å². The van der Waals surface area contributed by atoms with Crippen molar-refractivity contribution >= 4 is 35.3 Å². The van der Waals surface area contributed by atoms with Crippen LogP contribution in [0.25, 0.3) is 0 Å². The van der Waals surface area contributed by atoms with Gasteiger partial charge in [0.2, 0.25) is 5.91 Å². The first-order valence-electron chi connectivity index (χ1n) is 11.2. The van der Waals surface area contributed by atoms with Crippen molar-refractivity contribution in [3.63, 3.8) is 0 Å². The summed E-state index contributed by atoms with van der Waals surface area (Å²) in [7, 11) is 0. The van der Waals surface area contributed by atoms with Crippen LogP contribution >= 0.6 is 23.2 Å². The first kappa shape index (κ1) is 22.2. The predicted molar refractivity (Wildman–Crippen MR) is 135 cm³/mol. The van der Waals surface area contributed by atoms with Gasteiger partial charge >= 0.3 is 0 Å². The lowest BCUT2D eigenvalue weighted by molar-refractivity contribution is -0.122. The van der Waals surface area contributed by atoms with Crippen LogP contribution in [0.3, 0.4) is 0 Å². The molecule has 2 fully saturated rings. The molecule has 33 heavy (non-hydrogen) atoms. The molecule has 2 aliphatic carbocycles. The third-order valence-electron chi connectivity index (χ3n) is 7.02. The van der Waals surface area contributed by atoms with Gasteiger partial charge in [-0.1, -0.05) is 90.0 Å². The van der Waals surface area contributed by atoms with Crippen LogP contribution in [-0.2, 0) is 10.2 Å². The molecule has 2 saturated carbocycles. The second-order valence-corrected chi connectivity index (χ2v) is 10.8. The summed E-state index contributed by atoms with van der Waals surface area (Å²) in [5, 5.41) is 4.26. The van der Waals surface area contributed by atoms with Crippen LogP contribution < -0.4 is 5.43 Å². The van der Waals surface area contributed by atoms with E-state index in [0.29, 0.717) is 0 Å². The number of halogens is 2. The Labute approximate surface area is 204 Å². The fraction of sp³-hybridized carbons (Fsp3) is 0.286. The smallest absolute Gasteiger partial charge is 0.244 e. The van der Waals surface area contributed by atoms with Gasteiger partial charge in [0.15, 0.2) is 0 Å². The van der Waals surface area contributed by atoms with Crippen LogP contribution in [0.1, 0.15) is 40.2 Å². The third-order valence-corrected chi connectivity index (χ3v) is 8.00. The zero-order valence-corrected chi connectivity index (χ0v) is 20.1. The highest BCUT2D eigenvalue weighted by molar-refractivity contribution is 6.53. The highest BCUT2D eigenvalue weighted by Crippen LogP contribution is 2.64. The number of amides is 1. The van der Waals surface area contributed by atoms with Gasteiger partial charge in [0.25, 0.3) is 0 Å². The largest absolute Gasteiger partial charge is 0.273 e. The molecule has 3 nitrogen and oxygen atoms in total. The van der Waals surface area contributed by atoms with Crippen LogP contribution in [0.2, 0.25) is 0 Å². The maximum Gasteiger partial charge on any atom is 0.244 e. The van der Waals surface area contributed by atoms with E-state index >= 15 is 0 Å². The zero-order chi connectivity index (χ0) is 23.2. The van der Waals surface area contributed by atoms with Gasteiger partial charge < -0.3 is 0 Å². The molecule has 0 saturated heterocycles. The standard InChI is InChI=1S/C28H26Cl2N2O/c1-18-8-6-12-21(14-18)27(22-13-7-9-19(2)15-22)16-23(27)26(33)32-31-17-24-25(28(24,29)30)20-10-4-3-5-11-20/h3-15,17,23-25H,16H2,1-2H3,(H,32,33)/b31-17-/t23-,24-,25-/m1/s1. The van der Waals surface area contributed by atoms with E-state index in [1.165, 1.54) is 22.3 Å². The van der Waals surface area contributed by atoms with Crippen molar-refractivity contribution in [2.45, 2.75) is 35.9 Å². The Balaban J connectivity index is 1.34. The molecule has 0 aromatic heterocycles. The maximum absolute atomic E-state index is 13.2. The average molecular weight is 477 g/mol. The first-order chi connectivity index (χ1) is 15.8. The minimum atomic E-state index is -0.901. The van der Waals surface area contributed by atoms with Gasteiger partial charge in [0.05, 0.1) is 5.92 Å². The van der Waals surface area contributed by atoms with E-state index < -0.39 is 4.33 Å². The van der Waals surface area contributed by atoms with Gasteiger partial charge in [-0.2, -0.15) is 5.10 Å². The number of carbonyl (C=O) groups excluding carboxylic acids is 1. The van der Waals surface area contributed by atoms with Crippen molar-refractivity contribution in [1.29, 1.82) is 0 Å². The topological polar surface area (TPSA) is 41.5 Å². The number of carbonyl (C=O) groups is 1. The van der Waals surface area contributed by atoms with Crippen molar-refractivity contribution in [3.05, 3.63) is 107 Å². The number of aryl methyl sites for hydroxylation is 2. The Morgan fingerprint density at radius 2 is 1.55 bits per heavy atom. The summed E-state index contributed by atoms with van der Waals surface area (Å²) in [6.45, 7) is 4.16. The van der Waals surface area contributed by atoms with E-state index in [1.807, 2.05) is 30.3 Å². The summed E-state index contributed by atoms with van der Waals surface area (Å²) in [4.78, 5) is 13.2. The van der Waals surface area contributed by atoms with Gasteiger partial charge in [0, 0.05) is 23.5 Å². The monoisotopic (exact) mass is 476 g/mol. The lowest BCUT2D eigenvalue weighted by Gasteiger charge is -2.19. The summed E-state index contributed by atoms with van der Waals surface area (Å²) in [5.74, 6) is -0.427. The molecule has 168 valence electrons. The molecule has 3 aromatic rings. The van der Waals surface area contributed by atoms with Crippen LogP contribution in [0.4, 0.5) is 0 Å². The molecule has 0 bridgehead atoms. The lowest BCUT2D eigenvalue weighted by Crippen LogP contribution is -2.25. The number of hydrazone groups is 1.